The third kappa shape index (κ3) is 2.48. The lowest BCUT2D eigenvalue weighted by Crippen LogP contribution is -2.32. The first-order valence-electron chi connectivity index (χ1n) is 3.66. The van der Waals surface area contributed by atoms with Crippen molar-refractivity contribution < 1.29 is 15.0 Å². The molecular formula is C7H13NO3. The maximum atomic E-state index is 10.2. The molecule has 4 heteroatoms. The molecule has 11 heavy (non-hydrogen) atoms. The molecule has 4 nitrogen and oxygen atoms in total. The number of β-amino-alcohol motifs (C(OH)–C–C–N with tert-alkyl or cyclic N) is 1. The van der Waals surface area contributed by atoms with Crippen molar-refractivity contribution in [2.24, 2.45) is 0 Å². The number of carbonyl (C=O) groups is 1. The number of rotatable bonds is 2. The zero-order valence-corrected chi connectivity index (χ0v) is 6.58. The summed E-state index contributed by atoms with van der Waals surface area (Å²) in [5, 5.41) is 17.9. The summed E-state index contributed by atoms with van der Waals surface area (Å²) in [4.78, 5) is 12.0. The highest BCUT2D eigenvalue weighted by Gasteiger charge is 2.31. The molecule has 2 N–H and O–H groups in total. The first-order chi connectivity index (χ1) is 4.99. The smallest absolute Gasteiger partial charge is 0.317 e. The highest BCUT2D eigenvalue weighted by atomic mass is 16.4. The van der Waals surface area contributed by atoms with E-state index in [2.05, 4.69) is 0 Å². The minimum atomic E-state index is -0.831. The van der Waals surface area contributed by atoms with Gasteiger partial charge in [-0.3, -0.25) is 9.69 Å². The van der Waals surface area contributed by atoms with Crippen LogP contribution in [0.2, 0.25) is 0 Å². The van der Waals surface area contributed by atoms with Crippen LogP contribution in [-0.4, -0.2) is 46.3 Å². The number of carboxylic acids is 1. The van der Waals surface area contributed by atoms with E-state index in [4.69, 9.17) is 5.11 Å². The summed E-state index contributed by atoms with van der Waals surface area (Å²) in [6.07, 6.45) is 0.667. The maximum Gasteiger partial charge on any atom is 0.317 e. The van der Waals surface area contributed by atoms with Gasteiger partial charge in [0.05, 0.1) is 12.1 Å². The van der Waals surface area contributed by atoms with Crippen LogP contribution in [0.25, 0.3) is 0 Å². The van der Waals surface area contributed by atoms with Crippen molar-refractivity contribution in [1.82, 2.24) is 4.90 Å². The van der Waals surface area contributed by atoms with E-state index in [0.717, 1.165) is 0 Å². The van der Waals surface area contributed by atoms with Gasteiger partial charge in [0.1, 0.15) is 0 Å². The summed E-state index contributed by atoms with van der Waals surface area (Å²) < 4.78 is 0. The number of carboxylic acid groups (broad SMARTS) is 1. The highest BCUT2D eigenvalue weighted by Crippen LogP contribution is 2.19. The fraction of sp³-hybridized carbons (Fsp3) is 0.857. The summed E-state index contributed by atoms with van der Waals surface area (Å²) in [6.45, 7) is 2.92. The quantitative estimate of drug-likeness (QED) is 0.571. The van der Waals surface area contributed by atoms with Gasteiger partial charge in [-0.2, -0.15) is 0 Å². The lowest BCUT2D eigenvalue weighted by Gasteiger charge is -2.16. The number of aliphatic hydroxyl groups is 1. The van der Waals surface area contributed by atoms with Gasteiger partial charge in [-0.25, -0.2) is 0 Å². The SMILES string of the molecule is CC1(O)CCN(CC(=O)O)C1. The molecule has 0 radical (unpaired) electrons. The van der Waals surface area contributed by atoms with Crippen molar-refractivity contribution in [2.45, 2.75) is 18.9 Å². The zero-order valence-electron chi connectivity index (χ0n) is 6.58. The maximum absolute atomic E-state index is 10.2. The molecule has 0 aromatic carbocycles. The lowest BCUT2D eigenvalue weighted by atomic mass is 10.1. The van der Waals surface area contributed by atoms with E-state index in [0.29, 0.717) is 19.5 Å². The van der Waals surface area contributed by atoms with Crippen LogP contribution in [0.4, 0.5) is 0 Å². The second kappa shape index (κ2) is 2.79. The van der Waals surface area contributed by atoms with Crippen LogP contribution in [0.3, 0.4) is 0 Å². The first-order valence-corrected chi connectivity index (χ1v) is 3.66. The standard InChI is InChI=1S/C7H13NO3/c1-7(11)2-3-8(5-7)4-6(9)10/h11H,2-5H2,1H3,(H,9,10). The minimum Gasteiger partial charge on any atom is -0.480 e. The lowest BCUT2D eigenvalue weighted by molar-refractivity contribution is -0.138. The van der Waals surface area contributed by atoms with Crippen molar-refractivity contribution in [3.63, 3.8) is 0 Å². The van der Waals surface area contributed by atoms with Gasteiger partial charge in [0.2, 0.25) is 0 Å². The predicted molar refractivity (Wildman–Crippen MR) is 39.3 cm³/mol. The van der Waals surface area contributed by atoms with Crippen LogP contribution < -0.4 is 0 Å². The van der Waals surface area contributed by atoms with E-state index in [9.17, 15) is 9.90 Å². The van der Waals surface area contributed by atoms with Crippen molar-refractivity contribution in [3.8, 4) is 0 Å². The first kappa shape index (κ1) is 8.49. The normalized spacial score (nSPS) is 32.5. The van der Waals surface area contributed by atoms with Crippen LogP contribution in [0, 0.1) is 0 Å². The molecule has 1 saturated heterocycles. The van der Waals surface area contributed by atoms with Gasteiger partial charge in [0.25, 0.3) is 0 Å². The van der Waals surface area contributed by atoms with E-state index in [1.54, 1.807) is 11.8 Å². The Balaban J connectivity index is 2.36. The van der Waals surface area contributed by atoms with Gasteiger partial charge in [-0.15, -0.1) is 0 Å². The molecule has 1 heterocycles. The van der Waals surface area contributed by atoms with E-state index in [1.165, 1.54) is 0 Å². The third-order valence-electron chi connectivity index (χ3n) is 1.89. The van der Waals surface area contributed by atoms with E-state index >= 15 is 0 Å². The largest absolute Gasteiger partial charge is 0.480 e. The summed E-state index contributed by atoms with van der Waals surface area (Å²) in [5.74, 6) is -0.831. The van der Waals surface area contributed by atoms with Crippen LogP contribution >= 0.6 is 0 Å². The average Bonchev–Trinajstić information content (AvgIpc) is 2.08. The van der Waals surface area contributed by atoms with Crippen LogP contribution in [0.1, 0.15) is 13.3 Å². The Hall–Kier alpha value is -0.610. The minimum absolute atomic E-state index is 0.0378. The molecule has 1 atom stereocenters. The fourth-order valence-corrected chi connectivity index (χ4v) is 1.37. The fourth-order valence-electron chi connectivity index (χ4n) is 1.37. The molecular weight excluding hydrogens is 146 g/mol. The van der Waals surface area contributed by atoms with Crippen LogP contribution in [0.15, 0.2) is 0 Å². The molecule has 64 valence electrons. The molecule has 0 bridgehead atoms. The van der Waals surface area contributed by atoms with E-state index in [1.807, 2.05) is 0 Å². The molecule has 0 aliphatic carbocycles. The molecule has 0 amide bonds. The van der Waals surface area contributed by atoms with Crippen molar-refractivity contribution in [1.29, 1.82) is 0 Å². The number of hydrogen-bond acceptors (Lipinski definition) is 3. The van der Waals surface area contributed by atoms with Crippen LogP contribution in [0.5, 0.6) is 0 Å². The number of hydrogen-bond donors (Lipinski definition) is 2. The van der Waals surface area contributed by atoms with Crippen molar-refractivity contribution in [3.05, 3.63) is 0 Å². The van der Waals surface area contributed by atoms with Gasteiger partial charge in [0, 0.05) is 13.1 Å². The Morgan fingerprint density at radius 2 is 2.36 bits per heavy atom. The Morgan fingerprint density at radius 1 is 1.73 bits per heavy atom. The Labute approximate surface area is 65.4 Å². The van der Waals surface area contributed by atoms with Gasteiger partial charge in [0.15, 0.2) is 0 Å². The molecule has 1 rings (SSSR count). The van der Waals surface area contributed by atoms with E-state index < -0.39 is 11.6 Å². The second-order valence-electron chi connectivity index (χ2n) is 3.35. The Kier molecular flexibility index (Phi) is 2.15. The van der Waals surface area contributed by atoms with Gasteiger partial charge < -0.3 is 10.2 Å². The van der Waals surface area contributed by atoms with Crippen molar-refractivity contribution in [2.75, 3.05) is 19.6 Å². The number of aliphatic carboxylic acids is 1. The summed E-state index contributed by atoms with van der Waals surface area (Å²) in [6, 6.07) is 0. The number of nitrogens with zero attached hydrogens (tertiary/aromatic N) is 1. The molecule has 1 aliphatic rings. The van der Waals surface area contributed by atoms with Gasteiger partial charge in [-0.05, 0) is 13.3 Å². The molecule has 0 aromatic heterocycles. The Morgan fingerprint density at radius 3 is 2.73 bits per heavy atom. The zero-order chi connectivity index (χ0) is 8.48. The highest BCUT2D eigenvalue weighted by molar-refractivity contribution is 5.69. The Bertz CT molecular complexity index is 167. The van der Waals surface area contributed by atoms with Gasteiger partial charge >= 0.3 is 5.97 Å². The number of likely N-dealkylation sites (tertiary alicyclic amines) is 1. The molecule has 1 fully saturated rings. The van der Waals surface area contributed by atoms with E-state index in [-0.39, 0.29) is 6.54 Å². The van der Waals surface area contributed by atoms with Crippen LogP contribution in [-0.2, 0) is 4.79 Å². The molecule has 0 aromatic rings. The summed E-state index contributed by atoms with van der Waals surface area (Å²) >= 11 is 0. The third-order valence-corrected chi connectivity index (χ3v) is 1.89. The summed E-state index contributed by atoms with van der Waals surface area (Å²) in [5.41, 5.74) is -0.685. The van der Waals surface area contributed by atoms with Crippen molar-refractivity contribution >= 4 is 5.97 Å². The summed E-state index contributed by atoms with van der Waals surface area (Å²) in [7, 11) is 0. The molecule has 0 spiro atoms. The topological polar surface area (TPSA) is 60.8 Å². The second-order valence-corrected chi connectivity index (χ2v) is 3.35. The molecule has 1 aliphatic heterocycles. The average molecular weight is 159 g/mol. The molecule has 0 saturated carbocycles. The monoisotopic (exact) mass is 159 g/mol. The van der Waals surface area contributed by atoms with Gasteiger partial charge in [-0.1, -0.05) is 0 Å². The predicted octanol–water partition coefficient (Wildman–Crippen LogP) is -0.472. The molecule has 1 unspecified atom stereocenters.